The van der Waals surface area contributed by atoms with Crippen LogP contribution in [-0.4, -0.2) is 36.8 Å². The van der Waals surface area contributed by atoms with Gasteiger partial charge in [0.2, 0.25) is 5.95 Å². The lowest BCUT2D eigenvalue weighted by atomic mass is 10.1. The SMILES string of the molecule is COc1cnc(N2CCO[C@H](c3ccc(Cl)c(Cl)c3)C2)nc1. The molecule has 0 N–H and O–H groups in total. The normalized spacial score (nSPS) is 18.3. The van der Waals surface area contributed by atoms with Crippen LogP contribution < -0.4 is 9.64 Å². The number of rotatable bonds is 3. The van der Waals surface area contributed by atoms with E-state index in [4.69, 9.17) is 32.7 Å². The van der Waals surface area contributed by atoms with Crippen molar-refractivity contribution in [1.29, 1.82) is 0 Å². The first kappa shape index (κ1) is 15.3. The molecule has 1 aromatic heterocycles. The number of anilines is 1. The molecule has 0 amide bonds. The van der Waals surface area contributed by atoms with E-state index in [1.54, 1.807) is 25.6 Å². The highest BCUT2D eigenvalue weighted by atomic mass is 35.5. The third kappa shape index (κ3) is 3.27. The van der Waals surface area contributed by atoms with Gasteiger partial charge in [-0.1, -0.05) is 29.3 Å². The number of hydrogen-bond donors (Lipinski definition) is 0. The zero-order valence-electron chi connectivity index (χ0n) is 12.0. The van der Waals surface area contributed by atoms with E-state index >= 15 is 0 Å². The lowest BCUT2D eigenvalue weighted by molar-refractivity contribution is 0.0392. The zero-order chi connectivity index (χ0) is 15.5. The van der Waals surface area contributed by atoms with E-state index in [0.29, 0.717) is 34.9 Å². The Morgan fingerprint density at radius 3 is 2.68 bits per heavy atom. The van der Waals surface area contributed by atoms with Crippen molar-refractivity contribution in [3.63, 3.8) is 0 Å². The summed E-state index contributed by atoms with van der Waals surface area (Å²) < 4.78 is 10.9. The zero-order valence-corrected chi connectivity index (χ0v) is 13.5. The van der Waals surface area contributed by atoms with Crippen molar-refractivity contribution in [2.75, 3.05) is 31.7 Å². The molecule has 0 bridgehead atoms. The van der Waals surface area contributed by atoms with Gasteiger partial charge in [0.15, 0.2) is 5.75 Å². The molecule has 116 valence electrons. The Bertz CT molecular complexity index is 652. The summed E-state index contributed by atoms with van der Waals surface area (Å²) >= 11 is 12.0. The molecule has 3 rings (SSSR count). The van der Waals surface area contributed by atoms with Crippen LogP contribution in [0, 0.1) is 0 Å². The summed E-state index contributed by atoms with van der Waals surface area (Å²) in [6, 6.07) is 5.55. The van der Waals surface area contributed by atoms with E-state index in [0.717, 1.165) is 12.1 Å². The fourth-order valence-electron chi connectivity index (χ4n) is 2.32. The topological polar surface area (TPSA) is 47.5 Å². The molecule has 1 atom stereocenters. The minimum atomic E-state index is -0.0887. The Kier molecular flexibility index (Phi) is 4.66. The summed E-state index contributed by atoms with van der Waals surface area (Å²) in [6.45, 7) is 1.99. The first-order valence-corrected chi connectivity index (χ1v) is 7.60. The summed E-state index contributed by atoms with van der Waals surface area (Å²) in [5.41, 5.74) is 0.993. The molecule has 1 aromatic carbocycles. The fourth-order valence-corrected chi connectivity index (χ4v) is 2.63. The van der Waals surface area contributed by atoms with E-state index < -0.39 is 0 Å². The number of morpholine rings is 1. The molecule has 1 aliphatic rings. The minimum absolute atomic E-state index is 0.0887. The maximum atomic E-state index is 6.08. The molecule has 22 heavy (non-hydrogen) atoms. The third-order valence-electron chi connectivity index (χ3n) is 3.51. The van der Waals surface area contributed by atoms with Crippen molar-refractivity contribution in [3.8, 4) is 5.75 Å². The van der Waals surface area contributed by atoms with Gasteiger partial charge >= 0.3 is 0 Å². The molecule has 1 saturated heterocycles. The van der Waals surface area contributed by atoms with Crippen LogP contribution in [0.3, 0.4) is 0 Å². The number of halogens is 2. The Balaban J connectivity index is 1.76. The van der Waals surface area contributed by atoms with Crippen LogP contribution in [0.25, 0.3) is 0 Å². The Labute approximate surface area is 138 Å². The van der Waals surface area contributed by atoms with Crippen LogP contribution in [0.4, 0.5) is 5.95 Å². The van der Waals surface area contributed by atoms with Crippen molar-refractivity contribution < 1.29 is 9.47 Å². The van der Waals surface area contributed by atoms with Gasteiger partial charge in [-0.3, -0.25) is 0 Å². The maximum absolute atomic E-state index is 6.08. The van der Waals surface area contributed by atoms with Gasteiger partial charge in [-0.25, -0.2) is 9.97 Å². The highest BCUT2D eigenvalue weighted by Crippen LogP contribution is 2.29. The van der Waals surface area contributed by atoms with Crippen LogP contribution in [0.2, 0.25) is 10.0 Å². The predicted octanol–water partition coefficient (Wildman–Crippen LogP) is 3.37. The van der Waals surface area contributed by atoms with Crippen LogP contribution in [0.15, 0.2) is 30.6 Å². The number of hydrogen-bond acceptors (Lipinski definition) is 5. The number of methoxy groups -OCH3 is 1. The molecule has 0 radical (unpaired) electrons. The molecular weight excluding hydrogens is 325 g/mol. The largest absolute Gasteiger partial charge is 0.494 e. The first-order chi connectivity index (χ1) is 10.7. The number of aromatic nitrogens is 2. The maximum Gasteiger partial charge on any atom is 0.225 e. The number of ether oxygens (including phenoxy) is 2. The molecular formula is C15H15Cl2N3O2. The van der Waals surface area contributed by atoms with Crippen molar-refractivity contribution in [2.45, 2.75) is 6.10 Å². The van der Waals surface area contributed by atoms with E-state index in [2.05, 4.69) is 14.9 Å². The highest BCUT2D eigenvalue weighted by molar-refractivity contribution is 6.42. The average Bonchev–Trinajstić information content (AvgIpc) is 2.57. The predicted molar refractivity (Wildman–Crippen MR) is 86.0 cm³/mol. The van der Waals surface area contributed by atoms with Crippen LogP contribution >= 0.6 is 23.2 Å². The molecule has 2 aromatic rings. The van der Waals surface area contributed by atoms with Crippen molar-refractivity contribution in [1.82, 2.24) is 9.97 Å². The second kappa shape index (κ2) is 6.69. The van der Waals surface area contributed by atoms with Crippen molar-refractivity contribution in [2.24, 2.45) is 0 Å². The van der Waals surface area contributed by atoms with Gasteiger partial charge in [0.05, 0.1) is 42.7 Å². The van der Waals surface area contributed by atoms with Gasteiger partial charge in [0.1, 0.15) is 6.10 Å². The molecule has 0 saturated carbocycles. The van der Waals surface area contributed by atoms with E-state index in [-0.39, 0.29) is 6.10 Å². The van der Waals surface area contributed by atoms with Gasteiger partial charge < -0.3 is 14.4 Å². The third-order valence-corrected chi connectivity index (χ3v) is 4.25. The standard InChI is InChI=1S/C15H15Cl2N3O2/c1-21-11-7-18-15(19-8-11)20-4-5-22-14(9-20)10-2-3-12(16)13(17)6-10/h2-3,6-8,14H,4-5,9H2,1H3/t14-/m0/s1. The Morgan fingerprint density at radius 1 is 1.23 bits per heavy atom. The van der Waals surface area contributed by atoms with Gasteiger partial charge in [-0.15, -0.1) is 0 Å². The van der Waals surface area contributed by atoms with Crippen LogP contribution in [0.5, 0.6) is 5.75 Å². The highest BCUT2D eigenvalue weighted by Gasteiger charge is 2.24. The summed E-state index contributed by atoms with van der Waals surface area (Å²) in [6.07, 6.45) is 3.23. The van der Waals surface area contributed by atoms with E-state index in [1.165, 1.54) is 0 Å². The summed E-state index contributed by atoms with van der Waals surface area (Å²) in [4.78, 5) is 10.7. The molecule has 1 aliphatic heterocycles. The first-order valence-electron chi connectivity index (χ1n) is 6.85. The van der Waals surface area contributed by atoms with Crippen molar-refractivity contribution >= 4 is 29.2 Å². The summed E-state index contributed by atoms with van der Waals surface area (Å²) in [7, 11) is 1.59. The number of nitrogens with zero attached hydrogens (tertiary/aromatic N) is 3. The van der Waals surface area contributed by atoms with Gasteiger partial charge in [0, 0.05) is 6.54 Å². The smallest absolute Gasteiger partial charge is 0.225 e. The molecule has 7 heteroatoms. The number of benzene rings is 1. The lowest BCUT2D eigenvalue weighted by Crippen LogP contribution is -2.39. The molecule has 2 heterocycles. The second-order valence-corrected chi connectivity index (χ2v) is 5.72. The molecule has 0 aliphatic carbocycles. The van der Waals surface area contributed by atoms with Crippen LogP contribution in [-0.2, 0) is 4.74 Å². The van der Waals surface area contributed by atoms with Gasteiger partial charge in [-0.05, 0) is 17.7 Å². The molecule has 1 fully saturated rings. The molecule has 5 nitrogen and oxygen atoms in total. The molecule has 0 spiro atoms. The average molecular weight is 340 g/mol. The quantitative estimate of drug-likeness (QED) is 0.857. The van der Waals surface area contributed by atoms with E-state index in [1.807, 2.05) is 12.1 Å². The van der Waals surface area contributed by atoms with Crippen molar-refractivity contribution in [3.05, 3.63) is 46.2 Å². The Morgan fingerprint density at radius 2 is 2.00 bits per heavy atom. The van der Waals surface area contributed by atoms with Crippen LogP contribution in [0.1, 0.15) is 11.7 Å². The summed E-state index contributed by atoms with van der Waals surface area (Å²) in [5.74, 6) is 1.30. The monoisotopic (exact) mass is 339 g/mol. The van der Waals surface area contributed by atoms with Gasteiger partial charge in [0.25, 0.3) is 0 Å². The minimum Gasteiger partial charge on any atom is -0.494 e. The Hall–Kier alpha value is -1.56. The second-order valence-electron chi connectivity index (χ2n) is 4.90. The molecule has 0 unspecified atom stereocenters. The van der Waals surface area contributed by atoms with Gasteiger partial charge in [-0.2, -0.15) is 0 Å². The summed E-state index contributed by atoms with van der Waals surface area (Å²) in [5, 5.41) is 1.07. The fraction of sp³-hybridized carbons (Fsp3) is 0.333. The lowest BCUT2D eigenvalue weighted by Gasteiger charge is -2.33. The van der Waals surface area contributed by atoms with E-state index in [9.17, 15) is 0 Å².